The Balaban J connectivity index is 2.05. The van der Waals surface area contributed by atoms with Crippen molar-refractivity contribution >= 4 is 23.4 Å². The van der Waals surface area contributed by atoms with Crippen molar-refractivity contribution in [1.82, 2.24) is 14.8 Å². The molecule has 0 radical (unpaired) electrons. The lowest BCUT2D eigenvalue weighted by atomic mass is 10.2. The molecule has 2 rings (SSSR count). The Morgan fingerprint density at radius 2 is 2.22 bits per heavy atom. The molecule has 2 aromatic rings. The largest absolute Gasteiger partial charge is 0.325 e. The number of aromatic nitrogens is 3. The number of carbonyl (C=O) groups excluding carboxylic acids is 1. The first kappa shape index (κ1) is 17.2. The van der Waals surface area contributed by atoms with Gasteiger partial charge in [0.1, 0.15) is 11.6 Å². The number of anilines is 1. The monoisotopic (exact) mass is 334 g/mol. The van der Waals surface area contributed by atoms with E-state index in [4.69, 9.17) is 0 Å². The van der Waals surface area contributed by atoms with Crippen LogP contribution >= 0.6 is 11.8 Å². The fourth-order valence-electron chi connectivity index (χ4n) is 1.91. The number of hydrogen-bond donors (Lipinski definition) is 1. The van der Waals surface area contributed by atoms with E-state index in [1.165, 1.54) is 17.8 Å². The maximum Gasteiger partial charge on any atom is 0.237 e. The Bertz CT molecular complexity index is 729. The first-order valence-electron chi connectivity index (χ1n) is 7.16. The van der Waals surface area contributed by atoms with Gasteiger partial charge in [0.05, 0.1) is 5.25 Å². The van der Waals surface area contributed by atoms with E-state index in [0.717, 1.165) is 5.82 Å². The highest BCUT2D eigenvalue weighted by Crippen LogP contribution is 2.23. The number of carbonyl (C=O) groups is 1. The van der Waals surface area contributed by atoms with Gasteiger partial charge < -0.3 is 9.88 Å². The Hall–Kier alpha value is -2.15. The molecule has 0 fully saturated rings. The highest BCUT2D eigenvalue weighted by Gasteiger charge is 2.19. The summed E-state index contributed by atoms with van der Waals surface area (Å²) in [6.45, 7) is 9.58. The number of allylic oxidation sites excluding steroid dienone is 1. The number of benzene rings is 1. The molecule has 0 unspecified atom stereocenters. The Kier molecular flexibility index (Phi) is 5.54. The van der Waals surface area contributed by atoms with Crippen molar-refractivity contribution in [2.75, 3.05) is 5.32 Å². The van der Waals surface area contributed by atoms with E-state index in [0.29, 0.717) is 23.0 Å². The van der Waals surface area contributed by atoms with E-state index in [-0.39, 0.29) is 11.7 Å². The summed E-state index contributed by atoms with van der Waals surface area (Å²) < 4.78 is 15.4. The Morgan fingerprint density at radius 3 is 2.87 bits per heavy atom. The number of nitrogens with one attached hydrogen (secondary N) is 1. The van der Waals surface area contributed by atoms with Crippen molar-refractivity contribution < 1.29 is 9.18 Å². The van der Waals surface area contributed by atoms with Gasteiger partial charge in [0, 0.05) is 12.2 Å². The molecule has 1 heterocycles. The van der Waals surface area contributed by atoms with Gasteiger partial charge in [-0.1, -0.05) is 23.9 Å². The van der Waals surface area contributed by atoms with Crippen LogP contribution < -0.4 is 5.32 Å². The molecule has 0 spiro atoms. The van der Waals surface area contributed by atoms with Crippen LogP contribution in [0.15, 0.2) is 36.0 Å². The molecule has 1 aromatic heterocycles. The van der Waals surface area contributed by atoms with E-state index in [1.807, 2.05) is 11.5 Å². The summed E-state index contributed by atoms with van der Waals surface area (Å²) in [6.07, 6.45) is 1.75. The minimum absolute atomic E-state index is 0.218. The summed E-state index contributed by atoms with van der Waals surface area (Å²) in [5, 5.41) is 11.1. The third-order valence-corrected chi connectivity index (χ3v) is 4.38. The van der Waals surface area contributed by atoms with Gasteiger partial charge in [-0.05, 0) is 38.5 Å². The normalized spacial score (nSPS) is 12.0. The molecule has 0 aliphatic heterocycles. The van der Waals surface area contributed by atoms with Crippen LogP contribution in [0.3, 0.4) is 0 Å². The van der Waals surface area contributed by atoms with Gasteiger partial charge in [0.15, 0.2) is 5.16 Å². The van der Waals surface area contributed by atoms with Gasteiger partial charge >= 0.3 is 0 Å². The van der Waals surface area contributed by atoms with Crippen LogP contribution in [0.1, 0.15) is 18.3 Å². The van der Waals surface area contributed by atoms with Crippen LogP contribution in [0.2, 0.25) is 0 Å². The summed E-state index contributed by atoms with van der Waals surface area (Å²) in [6, 6.07) is 4.62. The number of thioether (sulfide) groups is 1. The van der Waals surface area contributed by atoms with Gasteiger partial charge in [0.25, 0.3) is 0 Å². The van der Waals surface area contributed by atoms with Crippen molar-refractivity contribution in [1.29, 1.82) is 0 Å². The predicted octanol–water partition coefficient (Wildman–Crippen LogP) is 3.34. The molecule has 7 heteroatoms. The lowest BCUT2D eigenvalue weighted by Gasteiger charge is -2.12. The first-order valence-corrected chi connectivity index (χ1v) is 8.04. The van der Waals surface area contributed by atoms with Crippen LogP contribution in [0.4, 0.5) is 10.1 Å². The van der Waals surface area contributed by atoms with Crippen molar-refractivity contribution in [2.24, 2.45) is 0 Å². The van der Waals surface area contributed by atoms with E-state index < -0.39 is 5.25 Å². The van der Waals surface area contributed by atoms with Crippen LogP contribution in [0.25, 0.3) is 0 Å². The average molecular weight is 334 g/mol. The highest BCUT2D eigenvalue weighted by molar-refractivity contribution is 8.00. The van der Waals surface area contributed by atoms with E-state index in [2.05, 4.69) is 22.1 Å². The van der Waals surface area contributed by atoms with Crippen molar-refractivity contribution in [3.05, 3.63) is 48.1 Å². The number of nitrogens with zero attached hydrogens (tertiary/aromatic N) is 3. The number of amides is 1. The van der Waals surface area contributed by atoms with Crippen LogP contribution in [0.5, 0.6) is 0 Å². The summed E-state index contributed by atoms with van der Waals surface area (Å²) in [4.78, 5) is 12.3. The quantitative estimate of drug-likeness (QED) is 0.650. The second-order valence-corrected chi connectivity index (χ2v) is 6.45. The molecular weight excluding hydrogens is 315 g/mol. The lowest BCUT2D eigenvalue weighted by molar-refractivity contribution is -0.115. The number of hydrogen-bond acceptors (Lipinski definition) is 4. The van der Waals surface area contributed by atoms with E-state index in [1.54, 1.807) is 32.1 Å². The smallest absolute Gasteiger partial charge is 0.237 e. The second kappa shape index (κ2) is 7.41. The maximum atomic E-state index is 13.5. The summed E-state index contributed by atoms with van der Waals surface area (Å²) >= 11 is 1.30. The fraction of sp³-hybridized carbons (Fsp3) is 0.312. The number of aryl methyl sites for hydroxylation is 2. The summed E-state index contributed by atoms with van der Waals surface area (Å²) in [5.41, 5.74) is 0.979. The fourth-order valence-corrected chi connectivity index (χ4v) is 2.82. The molecular formula is C16H19FN4OS. The van der Waals surface area contributed by atoms with Crippen LogP contribution in [-0.4, -0.2) is 25.9 Å². The predicted molar refractivity (Wildman–Crippen MR) is 90.0 cm³/mol. The SMILES string of the molecule is C=CCn1c(C)nnc1S[C@@H](C)C(=O)Nc1ccc(C)c(F)c1. The van der Waals surface area contributed by atoms with Crippen molar-refractivity contribution in [3.63, 3.8) is 0 Å². The maximum absolute atomic E-state index is 13.5. The molecule has 1 amide bonds. The van der Waals surface area contributed by atoms with Gasteiger partial charge in [-0.15, -0.1) is 16.8 Å². The van der Waals surface area contributed by atoms with Gasteiger partial charge in [-0.2, -0.15) is 0 Å². The minimum atomic E-state index is -0.397. The molecule has 0 saturated heterocycles. The zero-order valence-electron chi connectivity index (χ0n) is 13.3. The van der Waals surface area contributed by atoms with Gasteiger partial charge in [-0.25, -0.2) is 4.39 Å². The summed E-state index contributed by atoms with van der Waals surface area (Å²) in [5.74, 6) is 0.203. The second-order valence-electron chi connectivity index (χ2n) is 5.14. The van der Waals surface area contributed by atoms with E-state index >= 15 is 0 Å². The molecule has 0 saturated carbocycles. The average Bonchev–Trinajstić information content (AvgIpc) is 2.84. The van der Waals surface area contributed by atoms with Gasteiger partial charge in [0.2, 0.25) is 5.91 Å². The molecule has 1 N–H and O–H groups in total. The Morgan fingerprint density at radius 1 is 1.48 bits per heavy atom. The minimum Gasteiger partial charge on any atom is -0.325 e. The highest BCUT2D eigenvalue weighted by atomic mass is 32.2. The Labute approximate surface area is 139 Å². The third kappa shape index (κ3) is 4.19. The first-order chi connectivity index (χ1) is 10.9. The molecule has 1 atom stereocenters. The van der Waals surface area contributed by atoms with Crippen molar-refractivity contribution in [3.8, 4) is 0 Å². The number of rotatable bonds is 6. The molecule has 23 heavy (non-hydrogen) atoms. The van der Waals surface area contributed by atoms with Crippen LogP contribution in [0, 0.1) is 19.7 Å². The summed E-state index contributed by atoms with van der Waals surface area (Å²) in [7, 11) is 0. The molecule has 5 nitrogen and oxygen atoms in total. The van der Waals surface area contributed by atoms with E-state index in [9.17, 15) is 9.18 Å². The zero-order chi connectivity index (χ0) is 17.0. The third-order valence-electron chi connectivity index (χ3n) is 3.30. The van der Waals surface area contributed by atoms with Crippen LogP contribution in [-0.2, 0) is 11.3 Å². The standard InChI is InChI=1S/C16H19FN4OS/c1-5-8-21-12(4)19-20-16(21)23-11(3)15(22)18-13-7-6-10(2)14(17)9-13/h5-7,9,11H,1,8H2,2-4H3,(H,18,22)/t11-/m0/s1. The molecule has 1 aromatic carbocycles. The molecule has 0 aliphatic carbocycles. The molecule has 122 valence electrons. The van der Waals surface area contributed by atoms with Crippen molar-refractivity contribution in [2.45, 2.75) is 37.7 Å². The lowest BCUT2D eigenvalue weighted by Crippen LogP contribution is -2.23. The molecule has 0 aliphatic rings. The van der Waals surface area contributed by atoms with Gasteiger partial charge in [-0.3, -0.25) is 4.79 Å². The topological polar surface area (TPSA) is 59.8 Å². The zero-order valence-corrected chi connectivity index (χ0v) is 14.2. The molecule has 0 bridgehead atoms. The number of halogens is 1.